The molecule has 0 heterocycles. The van der Waals surface area contributed by atoms with Crippen molar-refractivity contribution in [3.63, 3.8) is 0 Å². The second kappa shape index (κ2) is 6.91. The number of carboxylic acids is 1. The van der Waals surface area contributed by atoms with E-state index < -0.39 is 18.1 Å². The highest BCUT2D eigenvalue weighted by Crippen LogP contribution is 2.24. The molecule has 0 bridgehead atoms. The minimum atomic E-state index is -4.99. The molecule has 0 unspecified atom stereocenters. The fourth-order valence-corrected chi connectivity index (χ4v) is 1.87. The third-order valence-electron chi connectivity index (χ3n) is 2.40. The van der Waals surface area contributed by atoms with Gasteiger partial charge in [0.15, 0.2) is 0 Å². The molecule has 20 heavy (non-hydrogen) atoms. The fraction of sp³-hybridized carbons (Fsp3) is 0.333. The van der Waals surface area contributed by atoms with Crippen molar-refractivity contribution in [2.45, 2.75) is 19.0 Å². The third-order valence-corrected chi connectivity index (χ3v) is 3.12. The second-order valence-corrected chi connectivity index (χ2v) is 5.17. The molecule has 0 aliphatic heterocycles. The number of nitrogens with zero attached hydrogens (tertiary/aromatic N) is 1. The Morgan fingerprint density at radius 3 is 2.20 bits per heavy atom. The van der Waals surface area contributed by atoms with Gasteiger partial charge in [0.2, 0.25) is 0 Å². The van der Waals surface area contributed by atoms with E-state index in [9.17, 15) is 22.8 Å². The van der Waals surface area contributed by atoms with Crippen LogP contribution in [0.2, 0.25) is 0 Å². The van der Waals surface area contributed by atoms with E-state index in [1.165, 1.54) is 12.1 Å². The lowest BCUT2D eigenvalue weighted by Gasteiger charge is -2.23. The molecule has 0 aliphatic rings. The fourth-order valence-electron chi connectivity index (χ4n) is 1.51. The molecule has 4 nitrogen and oxygen atoms in total. The molecule has 0 radical (unpaired) electrons. The van der Waals surface area contributed by atoms with Gasteiger partial charge in [-0.25, -0.2) is 0 Å². The van der Waals surface area contributed by atoms with E-state index in [0.717, 1.165) is 3.57 Å². The predicted octanol–water partition coefficient (Wildman–Crippen LogP) is 3.05. The van der Waals surface area contributed by atoms with Gasteiger partial charge < -0.3 is 10.0 Å². The van der Waals surface area contributed by atoms with Gasteiger partial charge in [0.1, 0.15) is 0 Å². The lowest BCUT2D eigenvalue weighted by atomic mass is 10.2. The first kappa shape index (κ1) is 16.7. The molecule has 0 saturated carbocycles. The van der Waals surface area contributed by atoms with Crippen molar-refractivity contribution >= 4 is 40.2 Å². The summed E-state index contributed by atoms with van der Waals surface area (Å²) < 4.78 is 38.4. The lowest BCUT2D eigenvalue weighted by molar-refractivity contribution is -0.170. The average molecular weight is 401 g/mol. The third kappa shape index (κ3) is 4.99. The number of alkyl halides is 3. The van der Waals surface area contributed by atoms with Crippen LogP contribution in [0.5, 0.6) is 0 Å². The minimum Gasteiger partial charge on any atom is -0.481 e. The quantitative estimate of drug-likeness (QED) is 0.772. The molecule has 1 aromatic carbocycles. The molecule has 110 valence electrons. The molecule has 1 N–H and O–H groups in total. The molecule has 1 amide bonds. The number of carbonyl (C=O) groups is 2. The first-order chi connectivity index (χ1) is 9.21. The van der Waals surface area contributed by atoms with Crippen LogP contribution in [0.4, 0.5) is 18.9 Å². The molecule has 0 atom stereocenters. The molecule has 1 rings (SSSR count). The Labute approximate surface area is 126 Å². The van der Waals surface area contributed by atoms with Gasteiger partial charge in [-0.3, -0.25) is 9.59 Å². The molecule has 8 heteroatoms. The van der Waals surface area contributed by atoms with Crippen LogP contribution in [0.25, 0.3) is 0 Å². The predicted molar refractivity (Wildman–Crippen MR) is 74.4 cm³/mol. The monoisotopic (exact) mass is 401 g/mol. The number of anilines is 1. The van der Waals surface area contributed by atoms with Gasteiger partial charge in [0.05, 0.1) is 0 Å². The maximum Gasteiger partial charge on any atom is 0.471 e. The lowest BCUT2D eigenvalue weighted by Crippen LogP contribution is -2.42. The Morgan fingerprint density at radius 2 is 1.75 bits per heavy atom. The summed E-state index contributed by atoms with van der Waals surface area (Å²) in [5.74, 6) is -3.11. The number of halogens is 4. The van der Waals surface area contributed by atoms with Gasteiger partial charge in [0, 0.05) is 22.2 Å². The second-order valence-electron chi connectivity index (χ2n) is 3.93. The van der Waals surface area contributed by atoms with Gasteiger partial charge in [0.25, 0.3) is 0 Å². The van der Waals surface area contributed by atoms with Crippen molar-refractivity contribution in [2.75, 3.05) is 11.4 Å². The summed E-state index contributed by atoms with van der Waals surface area (Å²) in [6.45, 7) is -0.300. The van der Waals surface area contributed by atoms with Crippen LogP contribution in [0, 0.1) is 3.57 Å². The van der Waals surface area contributed by atoms with Crippen molar-refractivity contribution in [3.05, 3.63) is 27.8 Å². The van der Waals surface area contributed by atoms with Crippen molar-refractivity contribution in [3.8, 4) is 0 Å². The van der Waals surface area contributed by atoms with Gasteiger partial charge >= 0.3 is 18.1 Å². The van der Waals surface area contributed by atoms with E-state index in [1.807, 2.05) is 22.6 Å². The zero-order valence-electron chi connectivity index (χ0n) is 10.2. The van der Waals surface area contributed by atoms with Crippen molar-refractivity contribution in [1.82, 2.24) is 0 Å². The van der Waals surface area contributed by atoms with E-state index in [4.69, 9.17) is 5.11 Å². The largest absolute Gasteiger partial charge is 0.481 e. The summed E-state index contributed by atoms with van der Waals surface area (Å²) in [4.78, 5) is 22.3. The van der Waals surface area contributed by atoms with Gasteiger partial charge in [-0.15, -0.1) is 0 Å². The van der Waals surface area contributed by atoms with E-state index in [-0.39, 0.29) is 25.1 Å². The Balaban J connectivity index is 2.92. The number of hydrogen-bond donors (Lipinski definition) is 1. The van der Waals surface area contributed by atoms with E-state index in [1.54, 1.807) is 12.1 Å². The van der Waals surface area contributed by atoms with Crippen molar-refractivity contribution < 1.29 is 27.9 Å². The molecular weight excluding hydrogens is 390 g/mol. The van der Waals surface area contributed by atoms with Gasteiger partial charge in [-0.05, 0) is 53.3 Å². The molecule has 1 aromatic rings. The molecule has 0 aliphatic carbocycles. The highest BCUT2D eigenvalue weighted by molar-refractivity contribution is 14.1. The SMILES string of the molecule is O=C(O)CCCN(C(=O)C(F)(F)F)c1ccc(I)cc1. The van der Waals surface area contributed by atoms with E-state index in [2.05, 4.69) is 0 Å². The van der Waals surface area contributed by atoms with Crippen molar-refractivity contribution in [1.29, 1.82) is 0 Å². The van der Waals surface area contributed by atoms with Gasteiger partial charge in [-0.1, -0.05) is 0 Å². The van der Waals surface area contributed by atoms with E-state index >= 15 is 0 Å². The first-order valence-electron chi connectivity index (χ1n) is 5.58. The van der Waals surface area contributed by atoms with Crippen LogP contribution in [-0.4, -0.2) is 29.7 Å². The van der Waals surface area contributed by atoms with Crippen LogP contribution < -0.4 is 4.90 Å². The molecule has 0 aromatic heterocycles. The maximum absolute atomic E-state index is 12.5. The summed E-state index contributed by atoms with van der Waals surface area (Å²) in [5, 5.41) is 8.51. The number of hydrogen-bond acceptors (Lipinski definition) is 2. The Kier molecular flexibility index (Phi) is 5.78. The summed E-state index contributed by atoms with van der Waals surface area (Å²) in [7, 11) is 0. The topological polar surface area (TPSA) is 57.6 Å². The summed E-state index contributed by atoms with van der Waals surface area (Å²) >= 11 is 1.99. The number of carbonyl (C=O) groups excluding carboxylic acids is 1. The molecule has 0 saturated heterocycles. The average Bonchev–Trinajstić information content (AvgIpc) is 2.34. The van der Waals surface area contributed by atoms with Crippen LogP contribution in [0.1, 0.15) is 12.8 Å². The zero-order chi connectivity index (χ0) is 15.3. The first-order valence-corrected chi connectivity index (χ1v) is 6.65. The van der Waals surface area contributed by atoms with Crippen LogP contribution in [0.15, 0.2) is 24.3 Å². The number of amides is 1. The standard InChI is InChI=1S/C12H11F3INO3/c13-12(14,15)11(20)17(7-1-2-10(18)19)9-5-3-8(16)4-6-9/h3-6H,1-2,7H2,(H,18,19). The van der Waals surface area contributed by atoms with Crippen LogP contribution in [0.3, 0.4) is 0 Å². The number of carboxylic acid groups (broad SMARTS) is 1. The summed E-state index contributed by atoms with van der Waals surface area (Å²) in [5.41, 5.74) is 0.0955. The molecule has 0 spiro atoms. The Hall–Kier alpha value is -1.32. The van der Waals surface area contributed by atoms with Crippen molar-refractivity contribution in [2.24, 2.45) is 0 Å². The number of benzene rings is 1. The van der Waals surface area contributed by atoms with Gasteiger partial charge in [-0.2, -0.15) is 13.2 Å². The normalized spacial score (nSPS) is 11.2. The zero-order valence-corrected chi connectivity index (χ0v) is 12.3. The Morgan fingerprint density at radius 1 is 1.20 bits per heavy atom. The van der Waals surface area contributed by atoms with E-state index in [0.29, 0.717) is 4.90 Å². The smallest absolute Gasteiger partial charge is 0.471 e. The minimum absolute atomic E-state index is 0.0524. The molecular formula is C12H11F3INO3. The Bertz CT molecular complexity index is 488. The highest BCUT2D eigenvalue weighted by atomic mass is 127. The van der Waals surface area contributed by atoms with Crippen LogP contribution >= 0.6 is 22.6 Å². The summed E-state index contributed by atoms with van der Waals surface area (Å²) in [6, 6.07) is 5.94. The molecule has 0 fully saturated rings. The highest BCUT2D eigenvalue weighted by Gasteiger charge is 2.42. The van der Waals surface area contributed by atoms with Crippen LogP contribution in [-0.2, 0) is 9.59 Å². The number of aliphatic carboxylic acids is 1. The summed E-state index contributed by atoms with van der Waals surface area (Å²) in [6.07, 6.45) is -5.35. The maximum atomic E-state index is 12.5. The number of rotatable bonds is 5.